The van der Waals surface area contributed by atoms with E-state index in [1.54, 1.807) is 6.92 Å². The molecule has 7 nitrogen and oxygen atoms in total. The van der Waals surface area contributed by atoms with Gasteiger partial charge >= 0.3 is 6.18 Å². The lowest BCUT2D eigenvalue weighted by Gasteiger charge is -2.23. The zero-order valence-electron chi connectivity index (χ0n) is 13.6. The van der Waals surface area contributed by atoms with Gasteiger partial charge in [-0.3, -0.25) is 9.78 Å². The van der Waals surface area contributed by atoms with Crippen molar-refractivity contribution < 1.29 is 32.7 Å². The van der Waals surface area contributed by atoms with Gasteiger partial charge in [-0.1, -0.05) is 11.2 Å². The van der Waals surface area contributed by atoms with E-state index in [9.17, 15) is 28.2 Å². The van der Waals surface area contributed by atoms with Gasteiger partial charge in [0.2, 0.25) is 0 Å². The topological polar surface area (TPSA) is 108 Å². The van der Waals surface area contributed by atoms with E-state index in [0.717, 1.165) is 12.3 Å². The zero-order chi connectivity index (χ0) is 19.1. The number of alkyl halides is 3. The van der Waals surface area contributed by atoms with Gasteiger partial charge in [-0.25, -0.2) is 0 Å². The van der Waals surface area contributed by atoms with Crippen LogP contribution >= 0.6 is 0 Å². The van der Waals surface area contributed by atoms with E-state index in [4.69, 9.17) is 4.52 Å². The first-order chi connectivity index (χ1) is 12.2. The molecule has 1 fully saturated rings. The van der Waals surface area contributed by atoms with Crippen molar-refractivity contribution in [2.75, 3.05) is 0 Å². The number of aliphatic hydroxyl groups excluding tert-OH is 2. The highest BCUT2D eigenvalue weighted by Crippen LogP contribution is 2.36. The molecule has 1 amide bonds. The summed E-state index contributed by atoms with van der Waals surface area (Å²) in [5.41, 5.74) is -0.672. The third-order valence-corrected chi connectivity index (χ3v) is 4.35. The average molecular weight is 371 g/mol. The van der Waals surface area contributed by atoms with Crippen molar-refractivity contribution in [3.63, 3.8) is 0 Å². The van der Waals surface area contributed by atoms with E-state index in [2.05, 4.69) is 15.5 Å². The van der Waals surface area contributed by atoms with E-state index in [1.165, 1.54) is 12.1 Å². The number of halogens is 3. The summed E-state index contributed by atoms with van der Waals surface area (Å²) in [6, 6.07) is 2.55. The van der Waals surface area contributed by atoms with Crippen LogP contribution in [0.5, 0.6) is 0 Å². The van der Waals surface area contributed by atoms with Crippen LogP contribution in [0.25, 0.3) is 0 Å². The summed E-state index contributed by atoms with van der Waals surface area (Å²) in [7, 11) is 0. The molecule has 1 saturated carbocycles. The van der Waals surface area contributed by atoms with E-state index in [0.29, 0.717) is 11.3 Å². The van der Waals surface area contributed by atoms with Crippen LogP contribution in [-0.2, 0) is 6.18 Å². The van der Waals surface area contributed by atoms with Crippen LogP contribution in [-0.4, -0.2) is 44.5 Å². The number of hydrogen-bond donors (Lipinski definition) is 3. The van der Waals surface area contributed by atoms with Gasteiger partial charge in [0.05, 0.1) is 12.1 Å². The van der Waals surface area contributed by atoms with Crippen LogP contribution in [0.2, 0.25) is 0 Å². The number of amides is 1. The van der Waals surface area contributed by atoms with Crippen molar-refractivity contribution in [1.82, 2.24) is 15.5 Å². The predicted octanol–water partition coefficient (Wildman–Crippen LogP) is 1.40. The van der Waals surface area contributed by atoms with Gasteiger partial charge in [0.15, 0.2) is 5.69 Å². The second kappa shape index (κ2) is 6.69. The van der Waals surface area contributed by atoms with Gasteiger partial charge in [-0.2, -0.15) is 13.2 Å². The first kappa shape index (κ1) is 18.3. The quantitative estimate of drug-likeness (QED) is 0.753. The highest BCUT2D eigenvalue weighted by atomic mass is 19.4. The van der Waals surface area contributed by atoms with Crippen molar-refractivity contribution in [2.24, 2.45) is 0 Å². The largest absolute Gasteiger partial charge is 0.433 e. The third kappa shape index (κ3) is 3.56. The molecule has 1 aliphatic rings. The molecule has 4 atom stereocenters. The molecule has 26 heavy (non-hydrogen) atoms. The molecule has 1 aliphatic carbocycles. The SMILES string of the molecule is Cc1cc(C(=O)NC2C(c3ccc(C(F)(F)F)nc3)CC(O)C2O)no1. The number of carbonyl (C=O) groups is 1. The fourth-order valence-corrected chi connectivity index (χ4v) is 3.04. The lowest BCUT2D eigenvalue weighted by Crippen LogP contribution is -2.45. The molecule has 0 aromatic carbocycles. The van der Waals surface area contributed by atoms with Gasteiger partial charge < -0.3 is 20.1 Å². The second-order valence-corrected chi connectivity index (χ2v) is 6.20. The Morgan fingerprint density at radius 1 is 1.35 bits per heavy atom. The highest BCUT2D eigenvalue weighted by Gasteiger charge is 2.44. The lowest BCUT2D eigenvalue weighted by atomic mass is 9.94. The van der Waals surface area contributed by atoms with E-state index in [1.807, 2.05) is 0 Å². The number of hydrogen-bond acceptors (Lipinski definition) is 6. The molecule has 4 unspecified atom stereocenters. The Hall–Kier alpha value is -2.46. The minimum atomic E-state index is -4.56. The summed E-state index contributed by atoms with van der Waals surface area (Å²) in [5.74, 6) is -0.803. The predicted molar refractivity (Wildman–Crippen MR) is 81.1 cm³/mol. The summed E-state index contributed by atoms with van der Waals surface area (Å²) in [5, 5.41) is 26.2. The Balaban J connectivity index is 1.82. The molecule has 0 radical (unpaired) electrons. The number of carbonyl (C=O) groups excluding carboxylic acids is 1. The maximum atomic E-state index is 12.6. The van der Waals surface area contributed by atoms with Gasteiger partial charge in [0.1, 0.15) is 17.6 Å². The molecule has 2 aromatic heterocycles. The van der Waals surface area contributed by atoms with E-state index < -0.39 is 41.9 Å². The van der Waals surface area contributed by atoms with Crippen LogP contribution in [0.4, 0.5) is 13.2 Å². The molecule has 3 rings (SSSR count). The van der Waals surface area contributed by atoms with E-state index >= 15 is 0 Å². The molecular formula is C16H16F3N3O4. The average Bonchev–Trinajstić information content (AvgIpc) is 3.13. The number of nitrogens with zero attached hydrogens (tertiary/aromatic N) is 2. The zero-order valence-corrected chi connectivity index (χ0v) is 13.6. The maximum Gasteiger partial charge on any atom is 0.433 e. The highest BCUT2D eigenvalue weighted by molar-refractivity contribution is 5.92. The van der Waals surface area contributed by atoms with Gasteiger partial charge in [-0.15, -0.1) is 0 Å². The molecule has 0 bridgehead atoms. The molecule has 0 spiro atoms. The first-order valence-electron chi connectivity index (χ1n) is 7.80. The van der Waals surface area contributed by atoms with Crippen molar-refractivity contribution >= 4 is 5.91 Å². The Morgan fingerprint density at radius 3 is 2.62 bits per heavy atom. The Labute approximate surface area is 145 Å². The fraction of sp³-hybridized carbons (Fsp3) is 0.438. The summed E-state index contributed by atoms with van der Waals surface area (Å²) < 4.78 is 42.7. The van der Waals surface area contributed by atoms with Crippen molar-refractivity contribution in [3.05, 3.63) is 47.1 Å². The Kier molecular flexibility index (Phi) is 4.72. The number of aryl methyl sites for hydroxylation is 1. The molecule has 2 aromatic rings. The second-order valence-electron chi connectivity index (χ2n) is 6.20. The first-order valence-corrected chi connectivity index (χ1v) is 7.80. The molecule has 10 heteroatoms. The molecular weight excluding hydrogens is 355 g/mol. The Morgan fingerprint density at radius 2 is 2.08 bits per heavy atom. The summed E-state index contributed by atoms with van der Waals surface area (Å²) in [6.45, 7) is 1.61. The van der Waals surface area contributed by atoms with E-state index in [-0.39, 0.29) is 12.1 Å². The Bertz CT molecular complexity index is 791. The summed E-state index contributed by atoms with van der Waals surface area (Å²) in [4.78, 5) is 15.6. The van der Waals surface area contributed by atoms with Crippen molar-refractivity contribution in [2.45, 2.75) is 43.7 Å². The monoisotopic (exact) mass is 371 g/mol. The summed E-state index contributed by atoms with van der Waals surface area (Å²) >= 11 is 0. The van der Waals surface area contributed by atoms with Gasteiger partial charge in [-0.05, 0) is 25.0 Å². The molecule has 0 saturated heterocycles. The molecule has 0 aliphatic heterocycles. The number of aliphatic hydroxyl groups is 2. The molecule has 140 valence electrons. The van der Waals surface area contributed by atoms with Crippen LogP contribution in [0, 0.1) is 6.92 Å². The number of aromatic nitrogens is 2. The number of rotatable bonds is 3. The minimum absolute atomic E-state index is 0.000356. The minimum Gasteiger partial charge on any atom is -0.390 e. The standard InChI is InChI=1S/C16H16F3N3O4/c1-7-4-10(22-26-7)15(25)21-13-9(5-11(23)14(13)24)8-2-3-12(20-6-8)16(17,18)19/h2-4,6,9,11,13-14,23-24H,5H2,1H3,(H,21,25). The summed E-state index contributed by atoms with van der Waals surface area (Å²) in [6.07, 6.45) is -5.87. The van der Waals surface area contributed by atoms with Gasteiger partial charge in [0, 0.05) is 18.2 Å². The number of nitrogens with one attached hydrogen (secondary N) is 1. The maximum absolute atomic E-state index is 12.6. The van der Waals surface area contributed by atoms with Crippen molar-refractivity contribution in [3.8, 4) is 0 Å². The third-order valence-electron chi connectivity index (χ3n) is 4.35. The van der Waals surface area contributed by atoms with Gasteiger partial charge in [0.25, 0.3) is 5.91 Å². The van der Waals surface area contributed by atoms with Crippen LogP contribution in [0.3, 0.4) is 0 Å². The number of pyridine rings is 1. The van der Waals surface area contributed by atoms with Crippen LogP contribution in [0.1, 0.15) is 39.8 Å². The normalized spacial score (nSPS) is 26.1. The smallest absolute Gasteiger partial charge is 0.390 e. The lowest BCUT2D eigenvalue weighted by molar-refractivity contribution is -0.141. The van der Waals surface area contributed by atoms with Crippen LogP contribution < -0.4 is 5.32 Å². The van der Waals surface area contributed by atoms with Crippen molar-refractivity contribution in [1.29, 1.82) is 0 Å². The molecule has 2 heterocycles. The molecule has 3 N–H and O–H groups in total. The van der Waals surface area contributed by atoms with Crippen LogP contribution in [0.15, 0.2) is 28.9 Å². The fourth-order valence-electron chi connectivity index (χ4n) is 3.04.